The second kappa shape index (κ2) is 11.1. The van der Waals surface area contributed by atoms with Gasteiger partial charge < -0.3 is 24.8 Å². The van der Waals surface area contributed by atoms with E-state index in [1.54, 1.807) is 7.11 Å². The molecule has 1 aliphatic rings. The Morgan fingerprint density at radius 1 is 1.17 bits per heavy atom. The van der Waals surface area contributed by atoms with Gasteiger partial charge in [-0.25, -0.2) is 4.98 Å². The minimum absolute atomic E-state index is 0. The zero-order valence-electron chi connectivity index (χ0n) is 17.6. The Morgan fingerprint density at radius 3 is 2.59 bits per heavy atom. The molecule has 1 N–H and O–H groups in total. The minimum atomic E-state index is 0. The molecule has 8 heteroatoms. The van der Waals surface area contributed by atoms with Crippen molar-refractivity contribution < 1.29 is 4.74 Å². The molecule has 1 aromatic carbocycles. The Morgan fingerprint density at radius 2 is 1.93 bits per heavy atom. The number of piperazine rings is 1. The van der Waals surface area contributed by atoms with Crippen LogP contribution >= 0.6 is 24.0 Å². The average molecular weight is 510 g/mol. The Balaban J connectivity index is 0.00000300. The molecule has 29 heavy (non-hydrogen) atoms. The van der Waals surface area contributed by atoms with Crippen molar-refractivity contribution in [2.45, 2.75) is 6.54 Å². The molecule has 1 aromatic heterocycles. The number of aromatic nitrogens is 1. The molecular weight excluding hydrogens is 479 g/mol. The first kappa shape index (κ1) is 23.1. The lowest BCUT2D eigenvalue weighted by Gasteiger charge is -2.37. The quantitative estimate of drug-likeness (QED) is 0.380. The van der Waals surface area contributed by atoms with E-state index in [2.05, 4.69) is 43.3 Å². The van der Waals surface area contributed by atoms with E-state index in [4.69, 9.17) is 4.74 Å². The summed E-state index contributed by atoms with van der Waals surface area (Å²) in [4.78, 5) is 15.7. The summed E-state index contributed by atoms with van der Waals surface area (Å²) in [5, 5.41) is 3.49. The maximum atomic E-state index is 5.35. The van der Waals surface area contributed by atoms with Gasteiger partial charge in [0.05, 0.1) is 7.11 Å². The van der Waals surface area contributed by atoms with Crippen LogP contribution in [0.3, 0.4) is 0 Å². The van der Waals surface area contributed by atoms with Crippen LogP contribution in [0.2, 0.25) is 0 Å². The van der Waals surface area contributed by atoms with E-state index < -0.39 is 0 Å². The third-order valence-electron chi connectivity index (χ3n) is 4.94. The van der Waals surface area contributed by atoms with Crippen LogP contribution in [0.4, 0.5) is 11.5 Å². The fraction of sp³-hybridized carbons (Fsp3) is 0.429. The molecule has 2 aromatic rings. The highest BCUT2D eigenvalue weighted by Crippen LogP contribution is 2.22. The molecule has 0 amide bonds. The van der Waals surface area contributed by atoms with Crippen LogP contribution in [0.25, 0.3) is 0 Å². The van der Waals surface area contributed by atoms with Crippen molar-refractivity contribution in [1.82, 2.24) is 15.2 Å². The Hall–Kier alpha value is -2.23. The number of hydrogen-bond donors (Lipinski definition) is 1. The van der Waals surface area contributed by atoms with Crippen LogP contribution in [-0.4, -0.2) is 70.3 Å². The van der Waals surface area contributed by atoms with E-state index in [-0.39, 0.29) is 24.0 Å². The number of guanidine groups is 1. The van der Waals surface area contributed by atoms with E-state index in [9.17, 15) is 0 Å². The van der Waals surface area contributed by atoms with Gasteiger partial charge in [0.25, 0.3) is 0 Å². The fourth-order valence-electron chi connectivity index (χ4n) is 3.46. The summed E-state index contributed by atoms with van der Waals surface area (Å²) in [5.41, 5.74) is 2.36. The number of nitrogens with one attached hydrogen (secondary N) is 1. The Kier molecular flexibility index (Phi) is 8.81. The van der Waals surface area contributed by atoms with Crippen molar-refractivity contribution in [2.24, 2.45) is 4.99 Å². The third kappa shape index (κ3) is 5.88. The molecule has 2 heterocycles. The lowest BCUT2D eigenvalue weighted by atomic mass is 10.2. The minimum Gasteiger partial charge on any atom is -0.497 e. The molecule has 0 bridgehead atoms. The SMILES string of the molecule is CN=C(NCc1cccnc1N(C)C)N1CCN(c2cccc(OC)c2)CC1.I. The smallest absolute Gasteiger partial charge is 0.194 e. The van der Waals surface area contributed by atoms with Crippen LogP contribution in [0.1, 0.15) is 5.56 Å². The first-order valence-corrected chi connectivity index (χ1v) is 9.58. The highest BCUT2D eigenvalue weighted by Gasteiger charge is 2.20. The molecular formula is C21H31IN6O. The molecule has 0 spiro atoms. The zero-order chi connectivity index (χ0) is 19.9. The van der Waals surface area contributed by atoms with E-state index in [1.165, 1.54) is 5.69 Å². The van der Waals surface area contributed by atoms with Crippen LogP contribution < -0.4 is 19.9 Å². The number of benzene rings is 1. The van der Waals surface area contributed by atoms with E-state index >= 15 is 0 Å². The molecule has 0 unspecified atom stereocenters. The van der Waals surface area contributed by atoms with Gasteiger partial charge in [-0.2, -0.15) is 0 Å². The second-order valence-electron chi connectivity index (χ2n) is 6.96. The average Bonchev–Trinajstić information content (AvgIpc) is 2.75. The highest BCUT2D eigenvalue weighted by molar-refractivity contribution is 14.0. The predicted molar refractivity (Wildman–Crippen MR) is 131 cm³/mol. The molecule has 1 fully saturated rings. The summed E-state index contributed by atoms with van der Waals surface area (Å²) in [6.45, 7) is 4.44. The summed E-state index contributed by atoms with van der Waals surface area (Å²) in [6, 6.07) is 12.3. The van der Waals surface area contributed by atoms with Crippen LogP contribution in [-0.2, 0) is 6.54 Å². The van der Waals surface area contributed by atoms with Crippen molar-refractivity contribution >= 4 is 41.4 Å². The van der Waals surface area contributed by atoms with E-state index in [0.29, 0.717) is 6.54 Å². The number of methoxy groups -OCH3 is 1. The maximum Gasteiger partial charge on any atom is 0.194 e. The standard InChI is InChI=1S/C21H30N6O.HI/c1-22-21(24-16-17-7-6-10-23-20(17)25(2)3)27-13-11-26(12-14-27)18-8-5-9-19(15-18)28-4;/h5-10,15H,11-14,16H2,1-4H3,(H,22,24);1H. The van der Waals surface area contributed by atoms with Crippen molar-refractivity contribution in [3.05, 3.63) is 48.2 Å². The summed E-state index contributed by atoms with van der Waals surface area (Å²) in [5.74, 6) is 2.80. The van der Waals surface area contributed by atoms with Gasteiger partial charge in [-0.3, -0.25) is 4.99 Å². The largest absolute Gasteiger partial charge is 0.497 e. The number of hydrogen-bond acceptors (Lipinski definition) is 5. The lowest BCUT2D eigenvalue weighted by molar-refractivity contribution is 0.372. The third-order valence-corrected chi connectivity index (χ3v) is 4.94. The van der Waals surface area contributed by atoms with Gasteiger partial charge in [-0.1, -0.05) is 12.1 Å². The molecule has 7 nitrogen and oxygen atoms in total. The van der Waals surface area contributed by atoms with Crippen molar-refractivity contribution in [1.29, 1.82) is 0 Å². The van der Waals surface area contributed by atoms with Gasteiger partial charge in [0.15, 0.2) is 5.96 Å². The zero-order valence-corrected chi connectivity index (χ0v) is 20.0. The summed E-state index contributed by atoms with van der Waals surface area (Å²) < 4.78 is 5.35. The first-order chi connectivity index (χ1) is 13.6. The molecule has 0 radical (unpaired) electrons. The van der Waals surface area contributed by atoms with Crippen LogP contribution in [0, 0.1) is 0 Å². The van der Waals surface area contributed by atoms with Gasteiger partial charge in [-0.15, -0.1) is 24.0 Å². The number of rotatable bonds is 5. The topological polar surface area (TPSA) is 56.2 Å². The van der Waals surface area contributed by atoms with Gasteiger partial charge in [0.2, 0.25) is 0 Å². The molecule has 0 atom stereocenters. The number of pyridine rings is 1. The molecule has 1 aliphatic heterocycles. The first-order valence-electron chi connectivity index (χ1n) is 9.58. The fourth-order valence-corrected chi connectivity index (χ4v) is 3.46. The maximum absolute atomic E-state index is 5.35. The number of nitrogens with zero attached hydrogens (tertiary/aromatic N) is 5. The molecule has 1 saturated heterocycles. The monoisotopic (exact) mass is 510 g/mol. The number of anilines is 2. The van der Waals surface area contributed by atoms with Gasteiger partial charge in [-0.05, 0) is 18.2 Å². The molecule has 0 saturated carbocycles. The van der Waals surface area contributed by atoms with Gasteiger partial charge in [0.1, 0.15) is 11.6 Å². The van der Waals surface area contributed by atoms with E-state index in [0.717, 1.165) is 49.3 Å². The van der Waals surface area contributed by atoms with Crippen molar-refractivity contribution in [2.75, 3.05) is 64.2 Å². The number of halogens is 1. The van der Waals surface area contributed by atoms with Crippen molar-refractivity contribution in [3.63, 3.8) is 0 Å². The van der Waals surface area contributed by atoms with Gasteiger partial charge >= 0.3 is 0 Å². The predicted octanol–water partition coefficient (Wildman–Crippen LogP) is 2.67. The lowest BCUT2D eigenvalue weighted by Crippen LogP contribution is -2.52. The summed E-state index contributed by atoms with van der Waals surface area (Å²) >= 11 is 0. The van der Waals surface area contributed by atoms with Crippen LogP contribution in [0.15, 0.2) is 47.6 Å². The molecule has 0 aliphatic carbocycles. The normalized spacial score (nSPS) is 14.3. The van der Waals surface area contributed by atoms with Crippen LogP contribution in [0.5, 0.6) is 5.75 Å². The number of ether oxygens (including phenoxy) is 1. The second-order valence-corrected chi connectivity index (χ2v) is 6.96. The van der Waals surface area contributed by atoms with E-state index in [1.807, 2.05) is 50.4 Å². The number of aliphatic imine (C=N–C) groups is 1. The summed E-state index contributed by atoms with van der Waals surface area (Å²) in [6.07, 6.45) is 1.82. The highest BCUT2D eigenvalue weighted by atomic mass is 127. The van der Waals surface area contributed by atoms with Gasteiger partial charge in [0, 0.05) is 77.4 Å². The Bertz CT molecular complexity index is 805. The Labute approximate surface area is 190 Å². The van der Waals surface area contributed by atoms with Crippen molar-refractivity contribution in [3.8, 4) is 5.75 Å². The summed E-state index contributed by atoms with van der Waals surface area (Å²) in [7, 11) is 7.57. The molecule has 158 valence electrons. The molecule has 3 rings (SSSR count).